The molecule has 4 heteroatoms. The molecule has 0 radical (unpaired) electrons. The Kier molecular flexibility index (Phi) is 6.98. The quantitative estimate of drug-likeness (QED) is 0.687. The number of nitrogens with one attached hydrogen (secondary N) is 1. The van der Waals surface area contributed by atoms with Crippen LogP contribution in [0.1, 0.15) is 37.9 Å². The van der Waals surface area contributed by atoms with Crippen LogP contribution in [0.3, 0.4) is 0 Å². The van der Waals surface area contributed by atoms with Crippen LogP contribution in [0, 0.1) is 12.8 Å². The molecule has 18 heavy (non-hydrogen) atoms. The van der Waals surface area contributed by atoms with E-state index in [1.165, 1.54) is 18.4 Å². The predicted molar refractivity (Wildman–Crippen MR) is 74.6 cm³/mol. The van der Waals surface area contributed by atoms with Crippen molar-refractivity contribution >= 4 is 0 Å². The maximum atomic E-state index is 5.01. The first-order valence-electron chi connectivity index (χ1n) is 6.86. The predicted octanol–water partition coefficient (Wildman–Crippen LogP) is 2.36. The average Bonchev–Trinajstić information content (AvgIpc) is 2.65. The summed E-state index contributed by atoms with van der Waals surface area (Å²) in [5.74, 6) is 0.775. The highest BCUT2D eigenvalue weighted by atomic mass is 16.5. The first-order chi connectivity index (χ1) is 8.63. The number of aryl methyl sites for hydroxylation is 2. The molecule has 0 unspecified atom stereocenters. The van der Waals surface area contributed by atoms with Crippen LogP contribution in [0.25, 0.3) is 0 Å². The second-order valence-electron chi connectivity index (χ2n) is 5.21. The second-order valence-corrected chi connectivity index (χ2v) is 5.21. The van der Waals surface area contributed by atoms with E-state index < -0.39 is 0 Å². The normalized spacial score (nSPS) is 11.4. The minimum Gasteiger partial charge on any atom is -0.383 e. The van der Waals surface area contributed by atoms with Gasteiger partial charge in [-0.25, -0.2) is 0 Å². The smallest absolute Gasteiger partial charge is 0.0638 e. The molecule has 0 amide bonds. The Hall–Kier alpha value is -0.870. The monoisotopic (exact) mass is 253 g/mol. The van der Waals surface area contributed by atoms with Crippen molar-refractivity contribution in [3.63, 3.8) is 0 Å². The highest BCUT2D eigenvalue weighted by molar-refractivity contribution is 5.14. The van der Waals surface area contributed by atoms with Crippen molar-refractivity contribution in [2.45, 2.75) is 46.7 Å². The summed E-state index contributed by atoms with van der Waals surface area (Å²) in [4.78, 5) is 0. The van der Waals surface area contributed by atoms with Crippen LogP contribution in [0.4, 0.5) is 0 Å². The lowest BCUT2D eigenvalue weighted by molar-refractivity contribution is 0.199. The third kappa shape index (κ3) is 5.65. The summed E-state index contributed by atoms with van der Waals surface area (Å²) in [6.07, 6.45) is 4.63. The van der Waals surface area contributed by atoms with Crippen molar-refractivity contribution in [1.29, 1.82) is 0 Å². The summed E-state index contributed by atoms with van der Waals surface area (Å²) < 4.78 is 7.08. The zero-order valence-electron chi connectivity index (χ0n) is 12.2. The van der Waals surface area contributed by atoms with Crippen LogP contribution < -0.4 is 5.32 Å². The lowest BCUT2D eigenvalue weighted by atomic mass is 10.1. The summed E-state index contributed by atoms with van der Waals surface area (Å²) in [7, 11) is 1.72. The van der Waals surface area contributed by atoms with Crippen molar-refractivity contribution in [1.82, 2.24) is 15.1 Å². The molecule has 1 N–H and O–H groups in total. The van der Waals surface area contributed by atoms with Gasteiger partial charge < -0.3 is 10.1 Å². The van der Waals surface area contributed by atoms with Gasteiger partial charge in [-0.3, -0.25) is 4.68 Å². The fraction of sp³-hybridized carbons (Fsp3) is 0.786. The highest BCUT2D eigenvalue weighted by Gasteiger charge is 2.04. The SMILES string of the molecule is COCCNCc1cn(CCCC(C)C)nc1C. The molecular weight excluding hydrogens is 226 g/mol. The fourth-order valence-corrected chi connectivity index (χ4v) is 1.91. The summed E-state index contributed by atoms with van der Waals surface area (Å²) in [6, 6.07) is 0. The summed E-state index contributed by atoms with van der Waals surface area (Å²) in [5.41, 5.74) is 2.42. The van der Waals surface area contributed by atoms with Gasteiger partial charge in [-0.2, -0.15) is 5.10 Å². The summed E-state index contributed by atoms with van der Waals surface area (Å²) >= 11 is 0. The number of methoxy groups -OCH3 is 1. The molecule has 1 rings (SSSR count). The zero-order valence-corrected chi connectivity index (χ0v) is 12.2. The molecule has 104 valence electrons. The van der Waals surface area contributed by atoms with Gasteiger partial charge in [0.15, 0.2) is 0 Å². The Morgan fingerprint density at radius 2 is 2.22 bits per heavy atom. The van der Waals surface area contributed by atoms with Crippen LogP contribution in [0.15, 0.2) is 6.20 Å². The van der Waals surface area contributed by atoms with E-state index in [2.05, 4.69) is 42.1 Å². The van der Waals surface area contributed by atoms with Crippen molar-refractivity contribution in [3.05, 3.63) is 17.5 Å². The van der Waals surface area contributed by atoms with Crippen LogP contribution in [0.2, 0.25) is 0 Å². The maximum Gasteiger partial charge on any atom is 0.0638 e. The molecule has 0 saturated heterocycles. The van der Waals surface area contributed by atoms with Gasteiger partial charge in [-0.1, -0.05) is 13.8 Å². The van der Waals surface area contributed by atoms with Gasteiger partial charge in [-0.05, 0) is 25.7 Å². The zero-order chi connectivity index (χ0) is 13.4. The first-order valence-corrected chi connectivity index (χ1v) is 6.86. The van der Waals surface area contributed by atoms with E-state index in [1.54, 1.807) is 7.11 Å². The third-order valence-electron chi connectivity index (χ3n) is 3.02. The number of rotatable bonds is 9. The fourth-order valence-electron chi connectivity index (χ4n) is 1.91. The maximum absolute atomic E-state index is 5.01. The average molecular weight is 253 g/mol. The van der Waals surface area contributed by atoms with E-state index in [0.29, 0.717) is 0 Å². The molecule has 0 aromatic carbocycles. The Balaban J connectivity index is 2.33. The Morgan fingerprint density at radius 3 is 2.89 bits per heavy atom. The van der Waals surface area contributed by atoms with E-state index in [9.17, 15) is 0 Å². The molecule has 0 spiro atoms. The van der Waals surface area contributed by atoms with Crippen LogP contribution >= 0.6 is 0 Å². The molecular formula is C14H27N3O. The molecule has 0 atom stereocenters. The third-order valence-corrected chi connectivity index (χ3v) is 3.02. The standard InChI is InChI=1S/C14H27N3O/c1-12(2)6-5-8-17-11-14(13(3)16-17)10-15-7-9-18-4/h11-12,15H,5-10H2,1-4H3. The van der Waals surface area contributed by atoms with E-state index >= 15 is 0 Å². The van der Waals surface area contributed by atoms with Crippen LogP contribution in [-0.2, 0) is 17.8 Å². The summed E-state index contributed by atoms with van der Waals surface area (Å²) in [5, 5.41) is 7.90. The molecule has 1 aromatic rings. The minimum atomic E-state index is 0.752. The lowest BCUT2D eigenvalue weighted by Crippen LogP contribution is -2.18. The Morgan fingerprint density at radius 1 is 1.44 bits per heavy atom. The Bertz CT molecular complexity index is 334. The molecule has 0 aliphatic carbocycles. The van der Waals surface area contributed by atoms with Gasteiger partial charge in [-0.15, -0.1) is 0 Å². The molecule has 0 aliphatic heterocycles. The number of aromatic nitrogens is 2. The second kappa shape index (κ2) is 8.27. The van der Waals surface area contributed by atoms with Gasteiger partial charge >= 0.3 is 0 Å². The van der Waals surface area contributed by atoms with Gasteiger partial charge in [0.25, 0.3) is 0 Å². The number of hydrogen-bond donors (Lipinski definition) is 1. The van der Waals surface area contributed by atoms with Crippen molar-refractivity contribution < 1.29 is 4.74 Å². The van der Waals surface area contributed by atoms with E-state index in [4.69, 9.17) is 4.74 Å². The van der Waals surface area contributed by atoms with Crippen molar-refractivity contribution in [3.8, 4) is 0 Å². The number of hydrogen-bond acceptors (Lipinski definition) is 3. The van der Waals surface area contributed by atoms with E-state index in [0.717, 1.165) is 37.9 Å². The van der Waals surface area contributed by atoms with E-state index in [1.807, 2.05) is 0 Å². The van der Waals surface area contributed by atoms with Gasteiger partial charge in [0.1, 0.15) is 0 Å². The number of nitrogens with zero attached hydrogens (tertiary/aromatic N) is 2. The van der Waals surface area contributed by atoms with Crippen LogP contribution in [-0.4, -0.2) is 30.0 Å². The molecule has 0 bridgehead atoms. The minimum absolute atomic E-state index is 0.752. The van der Waals surface area contributed by atoms with Gasteiger partial charge in [0.2, 0.25) is 0 Å². The largest absolute Gasteiger partial charge is 0.383 e. The molecule has 4 nitrogen and oxygen atoms in total. The van der Waals surface area contributed by atoms with E-state index in [-0.39, 0.29) is 0 Å². The lowest BCUT2D eigenvalue weighted by Gasteiger charge is -2.04. The molecule has 0 aliphatic rings. The Labute approximate surface area is 111 Å². The molecule has 0 saturated carbocycles. The molecule has 1 heterocycles. The summed E-state index contributed by atoms with van der Waals surface area (Å²) in [6.45, 7) is 10.1. The molecule has 1 aromatic heterocycles. The topological polar surface area (TPSA) is 39.1 Å². The first kappa shape index (κ1) is 15.2. The van der Waals surface area contributed by atoms with Crippen molar-refractivity contribution in [2.24, 2.45) is 5.92 Å². The highest BCUT2D eigenvalue weighted by Crippen LogP contribution is 2.08. The number of ether oxygens (including phenoxy) is 1. The molecule has 0 fully saturated rings. The van der Waals surface area contributed by atoms with Crippen LogP contribution in [0.5, 0.6) is 0 Å². The van der Waals surface area contributed by atoms with Gasteiger partial charge in [0, 0.05) is 38.5 Å². The van der Waals surface area contributed by atoms with Gasteiger partial charge in [0.05, 0.1) is 12.3 Å². The van der Waals surface area contributed by atoms with Crippen molar-refractivity contribution in [2.75, 3.05) is 20.3 Å².